The number of benzene rings is 1. The summed E-state index contributed by atoms with van der Waals surface area (Å²) in [5.74, 6) is -0.936. The summed E-state index contributed by atoms with van der Waals surface area (Å²) in [6.07, 6.45) is 5.12. The SMILES string of the molecule is Cc1ccc(N2C(=O)/C(=C/c3cc(C)n(-c4cccnc4)c3C)C(=O)NC2=S)c(C)c1. The van der Waals surface area contributed by atoms with Crippen molar-refractivity contribution in [2.75, 3.05) is 4.90 Å². The molecule has 1 aliphatic heterocycles. The minimum Gasteiger partial charge on any atom is -0.316 e. The van der Waals surface area contributed by atoms with Crippen molar-refractivity contribution >= 4 is 40.9 Å². The fraction of sp³-hybridized carbons (Fsp3) is 0.167. The Labute approximate surface area is 186 Å². The number of rotatable bonds is 3. The van der Waals surface area contributed by atoms with Gasteiger partial charge in [-0.05, 0) is 81.4 Å². The van der Waals surface area contributed by atoms with Gasteiger partial charge >= 0.3 is 0 Å². The van der Waals surface area contributed by atoms with Crippen LogP contribution in [0.2, 0.25) is 0 Å². The molecule has 0 radical (unpaired) electrons. The second-order valence-corrected chi connectivity index (χ2v) is 8.01. The third-order valence-electron chi connectivity index (χ3n) is 5.37. The molecule has 1 fully saturated rings. The molecule has 3 aromatic rings. The Morgan fingerprint density at radius 1 is 1.06 bits per heavy atom. The number of hydrogen-bond donors (Lipinski definition) is 1. The lowest BCUT2D eigenvalue weighted by Gasteiger charge is -2.30. The largest absolute Gasteiger partial charge is 0.316 e. The van der Waals surface area contributed by atoms with Crippen LogP contribution in [0.5, 0.6) is 0 Å². The third kappa shape index (κ3) is 3.68. The average Bonchev–Trinajstić information content (AvgIpc) is 3.00. The highest BCUT2D eigenvalue weighted by molar-refractivity contribution is 7.80. The maximum atomic E-state index is 13.4. The van der Waals surface area contributed by atoms with E-state index in [2.05, 4.69) is 10.3 Å². The molecule has 156 valence electrons. The number of pyridine rings is 1. The van der Waals surface area contributed by atoms with E-state index >= 15 is 0 Å². The summed E-state index contributed by atoms with van der Waals surface area (Å²) in [4.78, 5) is 31.6. The highest BCUT2D eigenvalue weighted by Gasteiger charge is 2.35. The van der Waals surface area contributed by atoms with Crippen LogP contribution in [0.25, 0.3) is 11.8 Å². The number of nitrogens with zero attached hydrogens (tertiary/aromatic N) is 3. The van der Waals surface area contributed by atoms with Crippen molar-refractivity contribution in [2.45, 2.75) is 27.7 Å². The van der Waals surface area contributed by atoms with Crippen molar-refractivity contribution in [3.8, 4) is 5.69 Å². The molecule has 0 spiro atoms. The second kappa shape index (κ2) is 7.92. The van der Waals surface area contributed by atoms with Gasteiger partial charge in [0.2, 0.25) is 0 Å². The van der Waals surface area contributed by atoms with Gasteiger partial charge in [-0.15, -0.1) is 0 Å². The number of nitrogens with one attached hydrogen (secondary N) is 1. The zero-order chi connectivity index (χ0) is 22.3. The highest BCUT2D eigenvalue weighted by atomic mass is 32.1. The molecular weight excluding hydrogens is 408 g/mol. The number of anilines is 1. The lowest BCUT2D eigenvalue weighted by molar-refractivity contribution is -0.122. The Morgan fingerprint density at radius 2 is 1.84 bits per heavy atom. The first kappa shape index (κ1) is 20.7. The fourth-order valence-electron chi connectivity index (χ4n) is 3.91. The summed E-state index contributed by atoms with van der Waals surface area (Å²) in [5, 5.41) is 2.74. The molecule has 31 heavy (non-hydrogen) atoms. The summed E-state index contributed by atoms with van der Waals surface area (Å²) in [6, 6.07) is 11.5. The number of aryl methyl sites for hydroxylation is 3. The maximum Gasteiger partial charge on any atom is 0.270 e. The molecule has 0 atom stereocenters. The first-order valence-corrected chi connectivity index (χ1v) is 10.3. The topological polar surface area (TPSA) is 67.2 Å². The number of thiocarbonyl (C=S) groups is 1. The smallest absolute Gasteiger partial charge is 0.270 e. The van der Waals surface area contributed by atoms with Crippen LogP contribution in [-0.2, 0) is 9.59 Å². The van der Waals surface area contributed by atoms with Gasteiger partial charge in [0.25, 0.3) is 11.8 Å². The molecule has 1 aliphatic rings. The van der Waals surface area contributed by atoms with Crippen LogP contribution >= 0.6 is 12.2 Å². The van der Waals surface area contributed by atoms with Gasteiger partial charge in [0, 0.05) is 17.6 Å². The van der Waals surface area contributed by atoms with Gasteiger partial charge in [-0.25, -0.2) is 0 Å². The van der Waals surface area contributed by atoms with Gasteiger partial charge in [0.05, 0.1) is 17.6 Å². The van der Waals surface area contributed by atoms with Gasteiger partial charge in [0.15, 0.2) is 5.11 Å². The van der Waals surface area contributed by atoms with E-state index in [0.29, 0.717) is 5.69 Å². The van der Waals surface area contributed by atoms with Crippen LogP contribution in [0, 0.1) is 27.7 Å². The molecule has 7 heteroatoms. The molecule has 0 bridgehead atoms. The Balaban J connectivity index is 1.78. The van der Waals surface area contributed by atoms with E-state index in [-0.39, 0.29) is 10.7 Å². The second-order valence-electron chi connectivity index (χ2n) is 7.62. The molecule has 6 nitrogen and oxygen atoms in total. The lowest BCUT2D eigenvalue weighted by Crippen LogP contribution is -2.54. The van der Waals surface area contributed by atoms with Crippen LogP contribution in [0.3, 0.4) is 0 Å². The summed E-state index contributed by atoms with van der Waals surface area (Å²) in [7, 11) is 0. The number of hydrogen-bond acceptors (Lipinski definition) is 4. The molecular formula is C24H22N4O2S. The molecule has 1 saturated heterocycles. The quantitative estimate of drug-likeness (QED) is 0.388. The van der Waals surface area contributed by atoms with E-state index in [1.807, 2.05) is 68.7 Å². The molecule has 1 aromatic carbocycles. The van der Waals surface area contributed by atoms with Gasteiger partial charge in [0.1, 0.15) is 5.57 Å². The third-order valence-corrected chi connectivity index (χ3v) is 5.65. The van der Waals surface area contributed by atoms with E-state index in [0.717, 1.165) is 33.8 Å². The number of amides is 2. The molecule has 2 amide bonds. The predicted octanol–water partition coefficient (Wildman–Crippen LogP) is 3.94. The molecule has 0 unspecified atom stereocenters. The van der Waals surface area contributed by atoms with Gasteiger partial charge < -0.3 is 4.57 Å². The molecule has 1 N–H and O–H groups in total. The molecule has 0 saturated carbocycles. The fourth-order valence-corrected chi connectivity index (χ4v) is 4.18. The zero-order valence-electron chi connectivity index (χ0n) is 17.8. The zero-order valence-corrected chi connectivity index (χ0v) is 18.6. The van der Waals surface area contributed by atoms with E-state index in [4.69, 9.17) is 12.2 Å². The van der Waals surface area contributed by atoms with Crippen molar-refractivity contribution in [3.63, 3.8) is 0 Å². The number of carbonyl (C=O) groups excluding carboxylic acids is 2. The maximum absolute atomic E-state index is 13.4. The minimum absolute atomic E-state index is 0.0417. The number of aromatic nitrogens is 2. The molecule has 0 aliphatic carbocycles. The summed E-state index contributed by atoms with van der Waals surface area (Å²) in [6.45, 7) is 7.82. The summed E-state index contributed by atoms with van der Waals surface area (Å²) >= 11 is 5.32. The van der Waals surface area contributed by atoms with Crippen LogP contribution in [-0.4, -0.2) is 26.5 Å². The van der Waals surface area contributed by atoms with E-state index < -0.39 is 11.8 Å². The summed E-state index contributed by atoms with van der Waals surface area (Å²) in [5.41, 5.74) is 6.27. The Hall–Kier alpha value is -3.58. The van der Waals surface area contributed by atoms with E-state index in [1.54, 1.807) is 18.5 Å². The van der Waals surface area contributed by atoms with Crippen LogP contribution in [0.1, 0.15) is 28.1 Å². The Kier molecular flexibility index (Phi) is 5.29. The van der Waals surface area contributed by atoms with Gasteiger partial charge in [-0.3, -0.25) is 24.8 Å². The molecule has 2 aromatic heterocycles. The van der Waals surface area contributed by atoms with Crippen molar-refractivity contribution in [1.82, 2.24) is 14.9 Å². The van der Waals surface area contributed by atoms with Crippen LogP contribution in [0.15, 0.2) is 54.4 Å². The summed E-state index contributed by atoms with van der Waals surface area (Å²) < 4.78 is 2.04. The van der Waals surface area contributed by atoms with Crippen molar-refractivity contribution in [3.05, 3.63) is 82.4 Å². The monoisotopic (exact) mass is 430 g/mol. The van der Waals surface area contributed by atoms with E-state index in [1.165, 1.54) is 4.90 Å². The Bertz CT molecular complexity index is 1260. The standard InChI is InChI=1S/C24H22N4O2S/c1-14-7-8-21(15(2)10-14)28-23(30)20(22(29)26-24(28)31)12-18-11-16(3)27(17(18)4)19-6-5-9-25-13-19/h5-13H,1-4H3,(H,26,29,31)/b20-12+. The first-order valence-electron chi connectivity index (χ1n) is 9.86. The Morgan fingerprint density at radius 3 is 2.52 bits per heavy atom. The van der Waals surface area contributed by atoms with E-state index in [9.17, 15) is 9.59 Å². The van der Waals surface area contributed by atoms with Gasteiger partial charge in [-0.2, -0.15) is 0 Å². The predicted molar refractivity (Wildman–Crippen MR) is 125 cm³/mol. The highest BCUT2D eigenvalue weighted by Crippen LogP contribution is 2.28. The molecule has 4 rings (SSSR count). The lowest BCUT2D eigenvalue weighted by atomic mass is 10.0. The molecule has 3 heterocycles. The van der Waals surface area contributed by atoms with Crippen LogP contribution in [0.4, 0.5) is 5.69 Å². The van der Waals surface area contributed by atoms with Gasteiger partial charge in [-0.1, -0.05) is 17.7 Å². The first-order chi connectivity index (χ1) is 14.8. The van der Waals surface area contributed by atoms with Crippen LogP contribution < -0.4 is 10.2 Å². The van der Waals surface area contributed by atoms with Crippen molar-refractivity contribution in [1.29, 1.82) is 0 Å². The van der Waals surface area contributed by atoms with Crippen molar-refractivity contribution < 1.29 is 9.59 Å². The normalized spacial score (nSPS) is 15.5. The minimum atomic E-state index is -0.498. The number of carbonyl (C=O) groups is 2. The average molecular weight is 431 g/mol. The van der Waals surface area contributed by atoms with Crippen molar-refractivity contribution in [2.24, 2.45) is 0 Å².